The summed E-state index contributed by atoms with van der Waals surface area (Å²) in [6, 6.07) is 8.41. The number of benzene rings is 1. The van der Waals surface area contributed by atoms with Gasteiger partial charge in [-0.15, -0.1) is 0 Å². The minimum Gasteiger partial charge on any atom is -0.393 e. The Morgan fingerprint density at radius 2 is 1.91 bits per heavy atom. The molecule has 0 unspecified atom stereocenters. The van der Waals surface area contributed by atoms with Gasteiger partial charge in [-0.2, -0.15) is 0 Å². The van der Waals surface area contributed by atoms with Crippen molar-refractivity contribution >= 4 is 11.9 Å². The van der Waals surface area contributed by atoms with Crippen LogP contribution in [0.2, 0.25) is 0 Å². The van der Waals surface area contributed by atoms with Crippen molar-refractivity contribution in [3.63, 3.8) is 0 Å². The Bertz CT molecular complexity index is 499. The third kappa shape index (κ3) is 4.29. The average Bonchev–Trinajstić information content (AvgIpc) is 2.51. The molecule has 6 heteroatoms. The molecule has 0 aromatic heterocycles. The Kier molecular flexibility index (Phi) is 5.91. The standard InChI is InChI=1S/C16H23N3O3/c1-2-17-16(22)18-15(21)14(12-6-4-3-5-7-12)19-10-8-13(20)9-11-19/h3-7,13-14,20H,2,8-11H2,1H3,(H2,17,18,21,22)/t14-/m0/s1. The Hall–Kier alpha value is -1.92. The van der Waals surface area contributed by atoms with E-state index in [9.17, 15) is 14.7 Å². The maximum atomic E-state index is 12.5. The van der Waals surface area contributed by atoms with Gasteiger partial charge >= 0.3 is 6.03 Å². The van der Waals surface area contributed by atoms with E-state index in [1.807, 2.05) is 35.2 Å². The molecule has 3 amide bonds. The van der Waals surface area contributed by atoms with E-state index in [0.717, 1.165) is 5.56 Å². The molecule has 1 fully saturated rings. The first kappa shape index (κ1) is 16.5. The molecular weight excluding hydrogens is 282 g/mol. The zero-order valence-electron chi connectivity index (χ0n) is 12.8. The third-order valence-corrected chi connectivity index (χ3v) is 3.80. The molecule has 1 saturated heterocycles. The number of carbonyl (C=O) groups is 2. The molecule has 1 heterocycles. The second kappa shape index (κ2) is 7.91. The fourth-order valence-electron chi connectivity index (χ4n) is 2.69. The summed E-state index contributed by atoms with van der Waals surface area (Å²) in [4.78, 5) is 26.2. The number of hydrogen-bond acceptors (Lipinski definition) is 4. The SMILES string of the molecule is CCNC(=O)NC(=O)[C@H](c1ccccc1)N1CCC(O)CC1. The Labute approximate surface area is 130 Å². The predicted molar refractivity (Wildman–Crippen MR) is 83.2 cm³/mol. The molecule has 120 valence electrons. The summed E-state index contributed by atoms with van der Waals surface area (Å²) in [5, 5.41) is 14.6. The van der Waals surface area contributed by atoms with E-state index < -0.39 is 12.1 Å². The summed E-state index contributed by atoms with van der Waals surface area (Å²) in [7, 11) is 0. The predicted octanol–water partition coefficient (Wildman–Crippen LogP) is 1.03. The first-order valence-corrected chi connectivity index (χ1v) is 7.67. The summed E-state index contributed by atoms with van der Waals surface area (Å²) >= 11 is 0. The molecule has 0 radical (unpaired) electrons. The van der Waals surface area contributed by atoms with Gasteiger partial charge in [0, 0.05) is 19.6 Å². The number of carbonyl (C=O) groups excluding carboxylic acids is 2. The van der Waals surface area contributed by atoms with Crippen LogP contribution in [0.4, 0.5) is 4.79 Å². The van der Waals surface area contributed by atoms with Gasteiger partial charge in [-0.25, -0.2) is 4.79 Å². The van der Waals surface area contributed by atoms with Crippen LogP contribution in [0.15, 0.2) is 30.3 Å². The fourth-order valence-corrected chi connectivity index (χ4v) is 2.69. The van der Waals surface area contributed by atoms with Gasteiger partial charge in [0.25, 0.3) is 0 Å². The molecule has 0 aliphatic carbocycles. The number of aliphatic hydroxyl groups is 1. The van der Waals surface area contributed by atoms with E-state index >= 15 is 0 Å². The topological polar surface area (TPSA) is 81.7 Å². The summed E-state index contributed by atoms with van der Waals surface area (Å²) in [6.45, 7) is 3.52. The monoisotopic (exact) mass is 305 g/mol. The Balaban J connectivity index is 2.15. The summed E-state index contributed by atoms with van der Waals surface area (Å²) in [5.74, 6) is -0.339. The minimum absolute atomic E-state index is 0.306. The highest BCUT2D eigenvalue weighted by Gasteiger charge is 2.31. The molecule has 22 heavy (non-hydrogen) atoms. The number of amides is 3. The van der Waals surface area contributed by atoms with Crippen molar-refractivity contribution in [1.82, 2.24) is 15.5 Å². The van der Waals surface area contributed by atoms with E-state index in [1.165, 1.54) is 0 Å². The number of nitrogens with zero attached hydrogens (tertiary/aromatic N) is 1. The highest BCUT2D eigenvalue weighted by Crippen LogP contribution is 2.25. The van der Waals surface area contributed by atoms with Crippen LogP contribution in [0.1, 0.15) is 31.4 Å². The third-order valence-electron chi connectivity index (χ3n) is 3.80. The second-order valence-electron chi connectivity index (χ2n) is 5.43. The van der Waals surface area contributed by atoms with Crippen LogP contribution in [0, 0.1) is 0 Å². The maximum Gasteiger partial charge on any atom is 0.321 e. The number of urea groups is 1. The highest BCUT2D eigenvalue weighted by atomic mass is 16.3. The van der Waals surface area contributed by atoms with E-state index in [1.54, 1.807) is 6.92 Å². The molecule has 1 aromatic rings. The van der Waals surface area contributed by atoms with Crippen molar-refractivity contribution in [2.24, 2.45) is 0 Å². The quantitative estimate of drug-likeness (QED) is 0.776. The first-order valence-electron chi connectivity index (χ1n) is 7.67. The number of piperidine rings is 1. The molecule has 0 saturated carbocycles. The Morgan fingerprint density at radius 1 is 1.27 bits per heavy atom. The van der Waals surface area contributed by atoms with Gasteiger partial charge in [-0.05, 0) is 25.3 Å². The number of hydrogen-bond donors (Lipinski definition) is 3. The number of imide groups is 1. The Morgan fingerprint density at radius 3 is 2.50 bits per heavy atom. The van der Waals surface area contributed by atoms with Crippen LogP contribution in [0.25, 0.3) is 0 Å². The van der Waals surface area contributed by atoms with Crippen molar-refractivity contribution in [1.29, 1.82) is 0 Å². The van der Waals surface area contributed by atoms with Gasteiger partial charge in [-0.3, -0.25) is 15.0 Å². The molecule has 6 nitrogen and oxygen atoms in total. The van der Waals surface area contributed by atoms with Crippen molar-refractivity contribution in [3.8, 4) is 0 Å². The number of aliphatic hydroxyl groups excluding tert-OH is 1. The van der Waals surface area contributed by atoms with Gasteiger partial charge < -0.3 is 10.4 Å². The number of nitrogens with one attached hydrogen (secondary N) is 2. The van der Waals surface area contributed by atoms with Crippen LogP contribution in [-0.4, -0.2) is 47.7 Å². The van der Waals surface area contributed by atoms with E-state index in [-0.39, 0.29) is 12.0 Å². The van der Waals surface area contributed by atoms with Crippen LogP contribution < -0.4 is 10.6 Å². The lowest BCUT2D eigenvalue weighted by Crippen LogP contribution is -2.48. The first-order chi connectivity index (χ1) is 10.6. The number of likely N-dealkylation sites (tertiary alicyclic amines) is 1. The van der Waals surface area contributed by atoms with Crippen molar-refractivity contribution in [2.45, 2.75) is 31.9 Å². The molecule has 1 aliphatic heterocycles. The van der Waals surface area contributed by atoms with Gasteiger partial charge in [0.15, 0.2) is 0 Å². The smallest absolute Gasteiger partial charge is 0.321 e. The molecule has 3 N–H and O–H groups in total. The lowest BCUT2D eigenvalue weighted by Gasteiger charge is -2.35. The average molecular weight is 305 g/mol. The van der Waals surface area contributed by atoms with Crippen LogP contribution in [0.5, 0.6) is 0 Å². The van der Waals surface area contributed by atoms with Gasteiger partial charge in [-0.1, -0.05) is 30.3 Å². The van der Waals surface area contributed by atoms with Crippen molar-refractivity contribution < 1.29 is 14.7 Å². The largest absolute Gasteiger partial charge is 0.393 e. The summed E-state index contributed by atoms with van der Waals surface area (Å²) in [5.41, 5.74) is 0.848. The van der Waals surface area contributed by atoms with Crippen molar-refractivity contribution in [3.05, 3.63) is 35.9 Å². The van der Waals surface area contributed by atoms with E-state index in [4.69, 9.17) is 0 Å². The van der Waals surface area contributed by atoms with Crippen LogP contribution in [0.3, 0.4) is 0 Å². The van der Waals surface area contributed by atoms with E-state index in [0.29, 0.717) is 32.5 Å². The zero-order valence-corrected chi connectivity index (χ0v) is 12.8. The van der Waals surface area contributed by atoms with Gasteiger partial charge in [0.05, 0.1) is 6.10 Å². The van der Waals surface area contributed by atoms with Gasteiger partial charge in [0.2, 0.25) is 5.91 Å². The minimum atomic E-state index is -0.517. The van der Waals surface area contributed by atoms with Crippen molar-refractivity contribution in [2.75, 3.05) is 19.6 Å². The van der Waals surface area contributed by atoms with E-state index in [2.05, 4.69) is 10.6 Å². The lowest BCUT2D eigenvalue weighted by molar-refractivity contribution is -0.126. The highest BCUT2D eigenvalue weighted by molar-refractivity contribution is 5.97. The fraction of sp³-hybridized carbons (Fsp3) is 0.500. The van der Waals surface area contributed by atoms with Crippen LogP contribution in [-0.2, 0) is 4.79 Å². The summed E-state index contributed by atoms with van der Waals surface area (Å²) in [6.07, 6.45) is 0.967. The molecule has 2 rings (SSSR count). The molecule has 1 aliphatic rings. The molecular formula is C16H23N3O3. The number of rotatable bonds is 4. The molecule has 0 bridgehead atoms. The lowest BCUT2D eigenvalue weighted by atomic mass is 10.00. The molecule has 1 aromatic carbocycles. The maximum absolute atomic E-state index is 12.5. The van der Waals surface area contributed by atoms with Crippen LogP contribution >= 0.6 is 0 Å². The summed E-state index contributed by atoms with van der Waals surface area (Å²) < 4.78 is 0. The normalized spacial score (nSPS) is 17.7. The zero-order chi connectivity index (χ0) is 15.9. The molecule has 0 spiro atoms. The second-order valence-corrected chi connectivity index (χ2v) is 5.43. The van der Waals surface area contributed by atoms with Gasteiger partial charge in [0.1, 0.15) is 6.04 Å². The molecule has 1 atom stereocenters.